The second-order valence-corrected chi connectivity index (χ2v) is 3.29. The van der Waals surface area contributed by atoms with Crippen molar-refractivity contribution >= 4 is 28.3 Å². The maximum atomic E-state index is 5.25. The third-order valence-corrected chi connectivity index (χ3v) is 2.17. The average molecular weight is 248 g/mol. The first-order chi connectivity index (χ1) is 4.74. The average Bonchev–Trinajstić information content (AvgIpc) is 1.88. The Bertz CT molecular complexity index is 235. The number of hydrazine groups is 1. The summed E-state index contributed by atoms with van der Waals surface area (Å²) in [5.41, 5.74) is 4.85. The van der Waals surface area contributed by atoms with Crippen molar-refractivity contribution in [1.29, 1.82) is 0 Å². The van der Waals surface area contributed by atoms with Gasteiger partial charge in [-0.3, -0.25) is 5.84 Å². The summed E-state index contributed by atoms with van der Waals surface area (Å²) in [5, 5.41) is 0. The maximum Gasteiger partial charge on any atom is 0.0618 e. The monoisotopic (exact) mass is 248 g/mol. The Kier molecular flexibility index (Phi) is 2.50. The highest BCUT2D eigenvalue weighted by Gasteiger charge is 1.94. The molecule has 0 atom stereocenters. The lowest BCUT2D eigenvalue weighted by atomic mass is 10.2. The number of rotatable bonds is 1. The Hall–Kier alpha value is -0.290. The van der Waals surface area contributed by atoms with Crippen LogP contribution in [0.1, 0.15) is 5.56 Å². The van der Waals surface area contributed by atoms with Gasteiger partial charge in [0.15, 0.2) is 0 Å². The van der Waals surface area contributed by atoms with E-state index >= 15 is 0 Å². The standard InChI is InChI=1S/C7H9IN2/c1-5-2-3-7(10-9)6(8)4-5/h2-4,10H,9H2,1H3. The maximum absolute atomic E-state index is 5.25. The fourth-order valence-corrected chi connectivity index (χ4v) is 1.56. The largest absolute Gasteiger partial charge is 0.323 e. The Balaban J connectivity index is 3.07. The van der Waals surface area contributed by atoms with Gasteiger partial charge in [-0.25, -0.2) is 0 Å². The van der Waals surface area contributed by atoms with Crippen LogP contribution >= 0.6 is 22.6 Å². The molecule has 0 saturated carbocycles. The van der Waals surface area contributed by atoms with Crippen LogP contribution in [-0.2, 0) is 0 Å². The Morgan fingerprint density at radius 2 is 2.20 bits per heavy atom. The Labute approximate surface area is 73.9 Å². The minimum Gasteiger partial charge on any atom is -0.323 e. The number of hydrogen-bond acceptors (Lipinski definition) is 2. The van der Waals surface area contributed by atoms with E-state index in [1.807, 2.05) is 12.1 Å². The molecular weight excluding hydrogens is 239 g/mol. The highest BCUT2D eigenvalue weighted by Crippen LogP contribution is 2.17. The number of nitrogens with one attached hydrogen (secondary N) is 1. The second-order valence-electron chi connectivity index (χ2n) is 2.13. The first-order valence-corrected chi connectivity index (χ1v) is 4.04. The van der Waals surface area contributed by atoms with Gasteiger partial charge in [0.05, 0.1) is 5.69 Å². The number of benzene rings is 1. The van der Waals surface area contributed by atoms with Gasteiger partial charge in [-0.1, -0.05) is 6.07 Å². The van der Waals surface area contributed by atoms with E-state index in [1.54, 1.807) is 0 Å². The van der Waals surface area contributed by atoms with Gasteiger partial charge in [0.2, 0.25) is 0 Å². The van der Waals surface area contributed by atoms with E-state index in [2.05, 4.69) is 41.0 Å². The quantitative estimate of drug-likeness (QED) is 0.452. The van der Waals surface area contributed by atoms with Crippen molar-refractivity contribution < 1.29 is 0 Å². The van der Waals surface area contributed by atoms with Crippen molar-refractivity contribution in [3.63, 3.8) is 0 Å². The molecule has 54 valence electrons. The predicted molar refractivity (Wildman–Crippen MR) is 51.7 cm³/mol. The first kappa shape index (κ1) is 7.81. The Morgan fingerprint density at radius 3 is 2.70 bits per heavy atom. The normalized spacial score (nSPS) is 9.50. The summed E-state index contributed by atoms with van der Waals surface area (Å²) in [6.07, 6.45) is 0. The summed E-state index contributed by atoms with van der Waals surface area (Å²) in [6.45, 7) is 2.06. The molecule has 0 saturated heterocycles. The van der Waals surface area contributed by atoms with Gasteiger partial charge in [0.25, 0.3) is 0 Å². The lowest BCUT2D eigenvalue weighted by Crippen LogP contribution is -2.07. The SMILES string of the molecule is Cc1ccc(NN)c(I)c1. The zero-order valence-corrected chi connectivity index (χ0v) is 7.84. The van der Waals surface area contributed by atoms with E-state index in [4.69, 9.17) is 5.84 Å². The van der Waals surface area contributed by atoms with E-state index in [9.17, 15) is 0 Å². The molecule has 0 radical (unpaired) electrons. The van der Waals surface area contributed by atoms with E-state index in [0.29, 0.717) is 0 Å². The minimum atomic E-state index is 0.978. The summed E-state index contributed by atoms with van der Waals surface area (Å²) in [5.74, 6) is 5.25. The third kappa shape index (κ3) is 1.60. The molecule has 0 aliphatic carbocycles. The van der Waals surface area contributed by atoms with E-state index < -0.39 is 0 Å². The lowest BCUT2D eigenvalue weighted by molar-refractivity contribution is 1.32. The zero-order valence-electron chi connectivity index (χ0n) is 5.69. The summed E-state index contributed by atoms with van der Waals surface area (Å²) in [6, 6.07) is 6.07. The van der Waals surface area contributed by atoms with Crippen molar-refractivity contribution in [3.05, 3.63) is 27.3 Å². The topological polar surface area (TPSA) is 38.0 Å². The number of nitrogen functional groups attached to an aromatic ring is 1. The minimum absolute atomic E-state index is 0.978. The summed E-state index contributed by atoms with van der Waals surface area (Å²) in [7, 11) is 0. The molecule has 0 aliphatic heterocycles. The number of anilines is 1. The van der Waals surface area contributed by atoms with Gasteiger partial charge in [0, 0.05) is 3.57 Å². The highest BCUT2D eigenvalue weighted by molar-refractivity contribution is 14.1. The lowest BCUT2D eigenvalue weighted by Gasteiger charge is -2.02. The molecule has 0 fully saturated rings. The molecule has 0 aliphatic rings. The van der Waals surface area contributed by atoms with Crippen molar-refractivity contribution in [2.45, 2.75) is 6.92 Å². The summed E-state index contributed by atoms with van der Waals surface area (Å²) < 4.78 is 1.15. The van der Waals surface area contributed by atoms with Crippen LogP contribution in [0, 0.1) is 10.5 Å². The van der Waals surface area contributed by atoms with Gasteiger partial charge in [-0.15, -0.1) is 0 Å². The molecule has 3 heteroatoms. The predicted octanol–water partition coefficient (Wildman–Crippen LogP) is 1.89. The molecule has 0 aromatic heterocycles. The molecule has 0 spiro atoms. The van der Waals surface area contributed by atoms with Crippen LogP contribution < -0.4 is 11.3 Å². The number of aryl methyl sites for hydroxylation is 1. The zero-order chi connectivity index (χ0) is 7.56. The van der Waals surface area contributed by atoms with Crippen LogP contribution in [0.3, 0.4) is 0 Å². The molecular formula is C7H9IN2. The van der Waals surface area contributed by atoms with Crippen LogP contribution in [0.5, 0.6) is 0 Å². The Morgan fingerprint density at radius 1 is 1.50 bits per heavy atom. The molecule has 0 unspecified atom stereocenters. The van der Waals surface area contributed by atoms with Crippen molar-refractivity contribution in [3.8, 4) is 0 Å². The van der Waals surface area contributed by atoms with Crippen LogP contribution in [0.25, 0.3) is 0 Å². The molecule has 0 bridgehead atoms. The third-order valence-electron chi connectivity index (χ3n) is 1.28. The first-order valence-electron chi connectivity index (χ1n) is 2.97. The summed E-state index contributed by atoms with van der Waals surface area (Å²) >= 11 is 2.24. The van der Waals surface area contributed by atoms with Crippen molar-refractivity contribution in [2.75, 3.05) is 5.43 Å². The van der Waals surface area contributed by atoms with E-state index in [0.717, 1.165) is 9.26 Å². The van der Waals surface area contributed by atoms with Crippen molar-refractivity contribution in [1.82, 2.24) is 0 Å². The number of halogens is 1. The molecule has 3 N–H and O–H groups in total. The van der Waals surface area contributed by atoms with Gasteiger partial charge in [-0.05, 0) is 47.2 Å². The molecule has 2 nitrogen and oxygen atoms in total. The summed E-state index contributed by atoms with van der Waals surface area (Å²) in [4.78, 5) is 0. The second kappa shape index (κ2) is 3.21. The molecule has 1 aromatic rings. The van der Waals surface area contributed by atoms with Crippen LogP contribution in [0.4, 0.5) is 5.69 Å². The molecule has 0 heterocycles. The van der Waals surface area contributed by atoms with Gasteiger partial charge < -0.3 is 5.43 Å². The fraction of sp³-hybridized carbons (Fsp3) is 0.143. The van der Waals surface area contributed by atoms with E-state index in [1.165, 1.54) is 5.56 Å². The molecule has 10 heavy (non-hydrogen) atoms. The van der Waals surface area contributed by atoms with Crippen LogP contribution in [-0.4, -0.2) is 0 Å². The smallest absolute Gasteiger partial charge is 0.0618 e. The van der Waals surface area contributed by atoms with Gasteiger partial charge in [0.1, 0.15) is 0 Å². The fourth-order valence-electron chi connectivity index (χ4n) is 0.737. The number of nitrogens with two attached hydrogens (primary N) is 1. The van der Waals surface area contributed by atoms with Crippen molar-refractivity contribution in [2.24, 2.45) is 5.84 Å². The molecule has 0 amide bonds. The van der Waals surface area contributed by atoms with Gasteiger partial charge >= 0.3 is 0 Å². The van der Waals surface area contributed by atoms with Gasteiger partial charge in [-0.2, -0.15) is 0 Å². The molecule has 1 rings (SSSR count). The van der Waals surface area contributed by atoms with Crippen LogP contribution in [0.15, 0.2) is 18.2 Å². The molecule has 1 aromatic carbocycles. The van der Waals surface area contributed by atoms with E-state index in [-0.39, 0.29) is 0 Å². The van der Waals surface area contributed by atoms with Crippen LogP contribution in [0.2, 0.25) is 0 Å². The number of hydrogen-bond donors (Lipinski definition) is 2. The highest BCUT2D eigenvalue weighted by atomic mass is 127.